The quantitative estimate of drug-likeness (QED) is 0.559. The van der Waals surface area contributed by atoms with Crippen LogP contribution in [0.25, 0.3) is 16.7 Å². The van der Waals surface area contributed by atoms with Crippen LogP contribution in [0.2, 0.25) is 0 Å². The highest BCUT2D eigenvalue weighted by Gasteiger charge is 2.16. The lowest BCUT2D eigenvalue weighted by Gasteiger charge is -2.17. The minimum Gasteiger partial charge on any atom is -0.326 e. The number of hydrogen-bond acceptors (Lipinski definition) is 3. The third-order valence-corrected chi connectivity index (χ3v) is 5.12. The minimum absolute atomic E-state index is 0.0143. The molecule has 0 radical (unpaired) electrons. The fourth-order valence-electron chi connectivity index (χ4n) is 3.60. The molecule has 0 spiro atoms. The fraction of sp³-hybridized carbons (Fsp3) is 0.0870. The van der Waals surface area contributed by atoms with Crippen molar-refractivity contribution in [3.8, 4) is 5.69 Å². The number of nitrogens with zero attached hydrogens (tertiary/aromatic N) is 2. The van der Waals surface area contributed by atoms with E-state index in [4.69, 9.17) is 0 Å². The number of carbonyl (C=O) groups excluding carboxylic acids is 2. The first kappa shape index (κ1) is 17.2. The summed E-state index contributed by atoms with van der Waals surface area (Å²) in [5.74, 6) is -0.161. The van der Waals surface area contributed by atoms with E-state index in [9.17, 15) is 9.59 Å². The molecule has 1 aliphatic heterocycles. The maximum Gasteiger partial charge on any atom is 0.255 e. The van der Waals surface area contributed by atoms with Crippen LogP contribution in [0.15, 0.2) is 73.1 Å². The molecule has 1 aromatic heterocycles. The summed E-state index contributed by atoms with van der Waals surface area (Å²) < 4.78 is 2.01. The SMILES string of the molecule is O=C1CCc2cc(C(=O)Nc3ccc(-n4cnc5ccccc54)cc3)ccc2N1. The van der Waals surface area contributed by atoms with Crippen LogP contribution >= 0.6 is 0 Å². The molecule has 2 amide bonds. The Balaban J connectivity index is 1.35. The van der Waals surface area contributed by atoms with E-state index in [2.05, 4.69) is 15.6 Å². The first-order valence-electron chi connectivity index (χ1n) is 9.44. The van der Waals surface area contributed by atoms with Crippen molar-refractivity contribution in [3.05, 3.63) is 84.2 Å². The van der Waals surface area contributed by atoms with E-state index in [0.717, 1.165) is 28.0 Å². The van der Waals surface area contributed by atoms with Crippen LogP contribution in [0.1, 0.15) is 22.3 Å². The second-order valence-electron chi connectivity index (χ2n) is 7.02. The topological polar surface area (TPSA) is 76.0 Å². The summed E-state index contributed by atoms with van der Waals surface area (Å²) >= 11 is 0. The number of hydrogen-bond donors (Lipinski definition) is 2. The minimum atomic E-state index is -0.175. The summed E-state index contributed by atoms with van der Waals surface area (Å²) in [6, 6.07) is 21.0. The number of amides is 2. The highest BCUT2D eigenvalue weighted by atomic mass is 16.2. The molecule has 142 valence electrons. The molecule has 0 aliphatic carbocycles. The van der Waals surface area contributed by atoms with Crippen LogP contribution in [0.3, 0.4) is 0 Å². The van der Waals surface area contributed by atoms with Gasteiger partial charge in [0.05, 0.1) is 11.0 Å². The van der Waals surface area contributed by atoms with Crippen LogP contribution < -0.4 is 10.6 Å². The lowest BCUT2D eigenvalue weighted by atomic mass is 10.00. The monoisotopic (exact) mass is 382 g/mol. The van der Waals surface area contributed by atoms with Gasteiger partial charge in [-0.3, -0.25) is 14.2 Å². The number of benzene rings is 3. The predicted octanol–water partition coefficient (Wildman–Crippen LogP) is 4.16. The van der Waals surface area contributed by atoms with Gasteiger partial charge in [0.15, 0.2) is 0 Å². The molecule has 1 aliphatic rings. The van der Waals surface area contributed by atoms with Crippen molar-refractivity contribution >= 4 is 34.2 Å². The standard InChI is InChI=1S/C23H18N4O2/c28-22-12-6-15-13-16(5-11-19(15)26-22)23(29)25-17-7-9-18(10-8-17)27-14-24-20-3-1-2-4-21(20)27/h1-5,7-11,13-14H,6,12H2,(H,25,29)(H,26,28). The summed E-state index contributed by atoms with van der Waals surface area (Å²) in [6.45, 7) is 0. The van der Waals surface area contributed by atoms with Gasteiger partial charge in [0.1, 0.15) is 6.33 Å². The molecular formula is C23H18N4O2. The zero-order chi connectivity index (χ0) is 19.8. The average molecular weight is 382 g/mol. The number of nitrogens with one attached hydrogen (secondary N) is 2. The lowest BCUT2D eigenvalue weighted by molar-refractivity contribution is -0.116. The van der Waals surface area contributed by atoms with Gasteiger partial charge < -0.3 is 10.6 Å². The van der Waals surface area contributed by atoms with E-state index in [-0.39, 0.29) is 11.8 Å². The number of carbonyl (C=O) groups is 2. The van der Waals surface area contributed by atoms with Crippen LogP contribution in [-0.2, 0) is 11.2 Å². The molecule has 0 fully saturated rings. The van der Waals surface area contributed by atoms with Gasteiger partial charge in [-0.25, -0.2) is 4.98 Å². The molecule has 0 saturated heterocycles. The Morgan fingerprint density at radius 2 is 1.83 bits per heavy atom. The molecule has 6 nitrogen and oxygen atoms in total. The number of para-hydroxylation sites is 2. The van der Waals surface area contributed by atoms with Crippen molar-refractivity contribution < 1.29 is 9.59 Å². The first-order chi connectivity index (χ1) is 14.2. The summed E-state index contributed by atoms with van der Waals surface area (Å²) in [7, 11) is 0. The van der Waals surface area contributed by atoms with Gasteiger partial charge in [-0.1, -0.05) is 12.1 Å². The Morgan fingerprint density at radius 3 is 2.69 bits per heavy atom. The Labute approximate surface area is 167 Å². The second-order valence-corrected chi connectivity index (χ2v) is 7.02. The van der Waals surface area contributed by atoms with Crippen molar-refractivity contribution in [3.63, 3.8) is 0 Å². The molecule has 29 heavy (non-hydrogen) atoms. The van der Waals surface area contributed by atoms with Crippen molar-refractivity contribution in [2.45, 2.75) is 12.8 Å². The number of rotatable bonds is 3. The van der Waals surface area contributed by atoms with E-state index in [1.54, 1.807) is 18.5 Å². The summed E-state index contributed by atoms with van der Waals surface area (Å²) in [6.07, 6.45) is 2.89. The Bertz CT molecular complexity index is 1240. The van der Waals surface area contributed by atoms with Gasteiger partial charge in [-0.2, -0.15) is 0 Å². The summed E-state index contributed by atoms with van der Waals surface area (Å²) in [4.78, 5) is 28.5. The van der Waals surface area contributed by atoms with E-state index in [1.165, 1.54) is 0 Å². The van der Waals surface area contributed by atoms with Gasteiger partial charge in [-0.05, 0) is 66.6 Å². The molecule has 0 unspecified atom stereocenters. The molecule has 2 N–H and O–H groups in total. The Kier molecular flexibility index (Phi) is 4.09. The number of aryl methyl sites for hydroxylation is 1. The van der Waals surface area contributed by atoms with E-state index in [1.807, 2.05) is 59.2 Å². The van der Waals surface area contributed by atoms with Crippen LogP contribution in [0.5, 0.6) is 0 Å². The van der Waals surface area contributed by atoms with E-state index < -0.39 is 0 Å². The van der Waals surface area contributed by atoms with Crippen molar-refractivity contribution in [1.82, 2.24) is 9.55 Å². The fourth-order valence-corrected chi connectivity index (χ4v) is 3.60. The first-order valence-corrected chi connectivity index (χ1v) is 9.44. The highest BCUT2D eigenvalue weighted by molar-refractivity contribution is 6.05. The number of imidazole rings is 1. The van der Waals surface area contributed by atoms with Gasteiger partial charge in [0, 0.05) is 29.0 Å². The molecule has 0 atom stereocenters. The molecule has 6 heteroatoms. The lowest BCUT2D eigenvalue weighted by Crippen LogP contribution is -2.20. The number of fused-ring (bicyclic) bond motifs is 2. The normalized spacial score (nSPS) is 13.0. The predicted molar refractivity (Wildman–Crippen MR) is 112 cm³/mol. The van der Waals surface area contributed by atoms with Crippen molar-refractivity contribution in [2.24, 2.45) is 0 Å². The van der Waals surface area contributed by atoms with Crippen LogP contribution in [-0.4, -0.2) is 21.4 Å². The van der Waals surface area contributed by atoms with Crippen LogP contribution in [0.4, 0.5) is 11.4 Å². The molecule has 5 rings (SSSR count). The Morgan fingerprint density at radius 1 is 1.00 bits per heavy atom. The molecule has 4 aromatic rings. The summed E-state index contributed by atoms with van der Waals surface area (Å²) in [5.41, 5.74) is 6.01. The highest BCUT2D eigenvalue weighted by Crippen LogP contribution is 2.24. The zero-order valence-corrected chi connectivity index (χ0v) is 15.6. The van der Waals surface area contributed by atoms with Crippen molar-refractivity contribution in [2.75, 3.05) is 10.6 Å². The maximum atomic E-state index is 12.6. The third-order valence-electron chi connectivity index (χ3n) is 5.12. The van der Waals surface area contributed by atoms with Crippen LogP contribution in [0, 0.1) is 0 Å². The van der Waals surface area contributed by atoms with E-state index in [0.29, 0.717) is 24.1 Å². The third kappa shape index (κ3) is 3.25. The van der Waals surface area contributed by atoms with Gasteiger partial charge in [-0.15, -0.1) is 0 Å². The van der Waals surface area contributed by atoms with Gasteiger partial charge >= 0.3 is 0 Å². The van der Waals surface area contributed by atoms with Gasteiger partial charge in [0.2, 0.25) is 5.91 Å². The second kappa shape index (κ2) is 6.91. The zero-order valence-electron chi connectivity index (χ0n) is 15.6. The van der Waals surface area contributed by atoms with E-state index >= 15 is 0 Å². The molecule has 3 aromatic carbocycles. The van der Waals surface area contributed by atoms with Gasteiger partial charge in [0.25, 0.3) is 5.91 Å². The molecule has 2 heterocycles. The molecule has 0 saturated carbocycles. The number of aromatic nitrogens is 2. The largest absolute Gasteiger partial charge is 0.326 e. The molecular weight excluding hydrogens is 364 g/mol. The maximum absolute atomic E-state index is 12.6. The number of anilines is 2. The smallest absolute Gasteiger partial charge is 0.255 e. The van der Waals surface area contributed by atoms with Crippen molar-refractivity contribution in [1.29, 1.82) is 0 Å². The average Bonchev–Trinajstić information content (AvgIpc) is 3.18. The Hall–Kier alpha value is -3.93. The molecule has 0 bridgehead atoms. The summed E-state index contributed by atoms with van der Waals surface area (Å²) in [5, 5.41) is 5.76.